The van der Waals surface area contributed by atoms with Gasteiger partial charge >= 0.3 is 5.97 Å². The molecule has 0 radical (unpaired) electrons. The Labute approximate surface area is 78.8 Å². The second-order valence-electron chi connectivity index (χ2n) is 2.51. The minimum absolute atomic E-state index is 0.143. The van der Waals surface area contributed by atoms with Crippen LogP contribution in [0.4, 0.5) is 0 Å². The number of imidazole rings is 1. The fourth-order valence-electron chi connectivity index (χ4n) is 0.802. The Morgan fingerprint density at radius 3 is 2.79 bits per heavy atom. The van der Waals surface area contributed by atoms with E-state index in [9.17, 15) is 9.59 Å². The molecule has 0 aliphatic carbocycles. The molecule has 0 aliphatic rings. The van der Waals surface area contributed by atoms with Gasteiger partial charge in [0.05, 0.1) is 19.1 Å². The Bertz CT molecular complexity index is 322. The molecule has 1 aromatic heterocycles. The predicted molar refractivity (Wildman–Crippen MR) is 44.6 cm³/mol. The summed E-state index contributed by atoms with van der Waals surface area (Å²) in [5.41, 5.74) is 0.143. The topological polar surface area (TPSA) is 115 Å². The summed E-state index contributed by atoms with van der Waals surface area (Å²) in [6, 6.07) is -1.30. The summed E-state index contributed by atoms with van der Waals surface area (Å²) in [6.07, 6.45) is 2.55. The molecule has 7 nitrogen and oxygen atoms in total. The molecule has 0 aromatic carbocycles. The van der Waals surface area contributed by atoms with Gasteiger partial charge in [0.15, 0.2) is 6.04 Å². The van der Waals surface area contributed by atoms with Crippen molar-refractivity contribution in [1.29, 1.82) is 0 Å². The number of aromatic nitrogens is 2. The minimum atomic E-state index is -1.30. The molecule has 1 amide bonds. The maximum atomic E-state index is 11.2. The lowest BCUT2D eigenvalue weighted by atomic mass is 10.3. The number of amides is 1. The Hall–Kier alpha value is -1.89. The van der Waals surface area contributed by atoms with Crippen molar-refractivity contribution in [2.75, 3.05) is 6.61 Å². The van der Waals surface area contributed by atoms with Crippen LogP contribution in [0.5, 0.6) is 0 Å². The van der Waals surface area contributed by atoms with E-state index in [1.54, 1.807) is 0 Å². The van der Waals surface area contributed by atoms with Crippen molar-refractivity contribution in [2.45, 2.75) is 6.04 Å². The predicted octanol–water partition coefficient (Wildman–Crippen LogP) is -1.41. The molecule has 76 valence electrons. The van der Waals surface area contributed by atoms with E-state index in [1.165, 1.54) is 12.5 Å². The second kappa shape index (κ2) is 4.38. The number of nitrogens with zero attached hydrogens (tertiary/aromatic N) is 1. The Morgan fingerprint density at radius 2 is 2.36 bits per heavy atom. The zero-order valence-electron chi connectivity index (χ0n) is 7.10. The van der Waals surface area contributed by atoms with Gasteiger partial charge in [0.2, 0.25) is 0 Å². The van der Waals surface area contributed by atoms with Crippen LogP contribution in [0.15, 0.2) is 12.5 Å². The molecule has 0 fully saturated rings. The zero-order valence-corrected chi connectivity index (χ0v) is 7.10. The van der Waals surface area contributed by atoms with Crippen LogP contribution in [0, 0.1) is 0 Å². The van der Waals surface area contributed by atoms with Crippen LogP contribution in [-0.2, 0) is 4.79 Å². The van der Waals surface area contributed by atoms with E-state index >= 15 is 0 Å². The molecule has 0 saturated heterocycles. The molecule has 14 heavy (non-hydrogen) atoms. The largest absolute Gasteiger partial charge is 0.480 e. The minimum Gasteiger partial charge on any atom is -0.480 e. The molecule has 0 aliphatic heterocycles. The SMILES string of the molecule is O=C(N[C@H](CO)C(=O)O)c1cnc[nH]1. The standard InChI is InChI=1S/C7H9N3O4/c11-2-5(7(13)14)10-6(12)4-1-8-3-9-4/h1,3,5,11H,2H2,(H,8,9)(H,10,12)(H,13,14)/t5-/m1/s1. The fraction of sp³-hybridized carbons (Fsp3) is 0.286. The molecule has 0 bridgehead atoms. The quantitative estimate of drug-likeness (QED) is 0.475. The van der Waals surface area contributed by atoms with Crippen LogP contribution in [0.3, 0.4) is 0 Å². The van der Waals surface area contributed by atoms with E-state index in [4.69, 9.17) is 10.2 Å². The third-order valence-electron chi connectivity index (χ3n) is 1.53. The molecule has 0 unspecified atom stereocenters. The summed E-state index contributed by atoms with van der Waals surface area (Å²) >= 11 is 0. The number of rotatable bonds is 4. The number of aromatic amines is 1. The number of aliphatic carboxylic acids is 1. The Morgan fingerprint density at radius 1 is 1.64 bits per heavy atom. The molecule has 0 spiro atoms. The summed E-state index contributed by atoms with van der Waals surface area (Å²) in [4.78, 5) is 27.8. The van der Waals surface area contributed by atoms with Crippen molar-refractivity contribution >= 4 is 11.9 Å². The number of carbonyl (C=O) groups excluding carboxylic acids is 1. The fourth-order valence-corrected chi connectivity index (χ4v) is 0.802. The van der Waals surface area contributed by atoms with Gasteiger partial charge < -0.3 is 20.5 Å². The van der Waals surface area contributed by atoms with Gasteiger partial charge in [0.25, 0.3) is 5.91 Å². The highest BCUT2D eigenvalue weighted by Crippen LogP contribution is 1.92. The number of hydrogen-bond acceptors (Lipinski definition) is 4. The molecular weight excluding hydrogens is 190 g/mol. The normalized spacial score (nSPS) is 12.1. The molecule has 1 atom stereocenters. The summed E-state index contributed by atoms with van der Waals surface area (Å²) < 4.78 is 0. The second-order valence-corrected chi connectivity index (χ2v) is 2.51. The summed E-state index contributed by atoms with van der Waals surface area (Å²) in [6.45, 7) is -0.658. The van der Waals surface area contributed by atoms with Crippen molar-refractivity contribution in [1.82, 2.24) is 15.3 Å². The van der Waals surface area contributed by atoms with Crippen molar-refractivity contribution < 1.29 is 19.8 Å². The van der Waals surface area contributed by atoms with Gasteiger partial charge in [-0.05, 0) is 0 Å². The first-order valence-corrected chi connectivity index (χ1v) is 3.78. The first-order chi connectivity index (χ1) is 6.65. The lowest BCUT2D eigenvalue weighted by molar-refractivity contribution is -0.140. The molecule has 1 aromatic rings. The van der Waals surface area contributed by atoms with E-state index in [0.29, 0.717) is 0 Å². The maximum absolute atomic E-state index is 11.2. The number of H-pyrrole nitrogens is 1. The monoisotopic (exact) mass is 199 g/mol. The first-order valence-electron chi connectivity index (χ1n) is 3.78. The van der Waals surface area contributed by atoms with Crippen molar-refractivity contribution in [3.63, 3.8) is 0 Å². The average molecular weight is 199 g/mol. The highest BCUT2D eigenvalue weighted by Gasteiger charge is 2.19. The van der Waals surface area contributed by atoms with Crippen LogP contribution < -0.4 is 5.32 Å². The summed E-state index contributed by atoms with van der Waals surface area (Å²) in [5, 5.41) is 19.2. The van der Waals surface area contributed by atoms with Gasteiger partial charge in [-0.15, -0.1) is 0 Å². The van der Waals surface area contributed by atoms with Crippen molar-refractivity contribution in [3.8, 4) is 0 Å². The number of nitrogens with one attached hydrogen (secondary N) is 2. The summed E-state index contributed by atoms with van der Waals surface area (Å²) in [5.74, 6) is -1.91. The Balaban J connectivity index is 2.60. The number of hydrogen-bond donors (Lipinski definition) is 4. The zero-order chi connectivity index (χ0) is 10.6. The summed E-state index contributed by atoms with van der Waals surface area (Å²) in [7, 11) is 0. The first kappa shape index (κ1) is 10.2. The van der Waals surface area contributed by atoms with Gasteiger partial charge in [-0.1, -0.05) is 0 Å². The number of carbonyl (C=O) groups is 2. The van der Waals surface area contributed by atoms with Crippen LogP contribution >= 0.6 is 0 Å². The molecule has 1 heterocycles. The highest BCUT2D eigenvalue weighted by molar-refractivity contribution is 5.94. The molecular formula is C7H9N3O4. The number of aliphatic hydroxyl groups is 1. The third kappa shape index (κ3) is 2.30. The third-order valence-corrected chi connectivity index (χ3v) is 1.53. The highest BCUT2D eigenvalue weighted by atomic mass is 16.4. The average Bonchev–Trinajstić information content (AvgIpc) is 2.65. The van der Waals surface area contributed by atoms with Crippen molar-refractivity contribution in [3.05, 3.63) is 18.2 Å². The van der Waals surface area contributed by atoms with Gasteiger partial charge in [-0.2, -0.15) is 0 Å². The lowest BCUT2D eigenvalue weighted by Gasteiger charge is -2.09. The van der Waals surface area contributed by atoms with Gasteiger partial charge in [-0.25, -0.2) is 9.78 Å². The van der Waals surface area contributed by atoms with E-state index in [1.807, 2.05) is 0 Å². The van der Waals surface area contributed by atoms with Crippen LogP contribution in [0.1, 0.15) is 10.5 Å². The van der Waals surface area contributed by atoms with E-state index in [0.717, 1.165) is 0 Å². The van der Waals surface area contributed by atoms with Gasteiger partial charge in [-0.3, -0.25) is 4.79 Å². The van der Waals surface area contributed by atoms with E-state index in [2.05, 4.69) is 15.3 Å². The van der Waals surface area contributed by atoms with Crippen LogP contribution in [-0.4, -0.2) is 44.7 Å². The molecule has 1 rings (SSSR count). The van der Waals surface area contributed by atoms with Crippen LogP contribution in [0.25, 0.3) is 0 Å². The molecule has 4 N–H and O–H groups in total. The number of carboxylic acids is 1. The number of aliphatic hydroxyl groups excluding tert-OH is 1. The van der Waals surface area contributed by atoms with Crippen LogP contribution in [0.2, 0.25) is 0 Å². The molecule has 7 heteroatoms. The smallest absolute Gasteiger partial charge is 0.328 e. The van der Waals surface area contributed by atoms with Crippen molar-refractivity contribution in [2.24, 2.45) is 0 Å². The Kier molecular flexibility index (Phi) is 3.19. The van der Waals surface area contributed by atoms with Gasteiger partial charge in [0, 0.05) is 0 Å². The van der Waals surface area contributed by atoms with E-state index < -0.39 is 24.5 Å². The van der Waals surface area contributed by atoms with Gasteiger partial charge in [0.1, 0.15) is 5.69 Å². The van der Waals surface area contributed by atoms with E-state index in [-0.39, 0.29) is 5.69 Å². The number of carboxylic acid groups (broad SMARTS) is 1. The molecule has 0 saturated carbocycles. The maximum Gasteiger partial charge on any atom is 0.328 e. The lowest BCUT2D eigenvalue weighted by Crippen LogP contribution is -2.43.